The van der Waals surface area contributed by atoms with Gasteiger partial charge < -0.3 is 20.9 Å². The van der Waals surface area contributed by atoms with E-state index in [1.165, 1.54) is 0 Å². The summed E-state index contributed by atoms with van der Waals surface area (Å²) in [4.78, 5) is 29.9. The Labute approximate surface area is 155 Å². The van der Waals surface area contributed by atoms with Gasteiger partial charge in [-0.25, -0.2) is 4.99 Å². The summed E-state index contributed by atoms with van der Waals surface area (Å²) in [5.41, 5.74) is 1.67. The molecular weight excluding hydrogens is 330 g/mol. The molecule has 1 saturated heterocycles. The molecule has 1 fully saturated rings. The van der Waals surface area contributed by atoms with Crippen LogP contribution in [0.1, 0.15) is 42.6 Å². The minimum Gasteiger partial charge on any atom is -0.357 e. The van der Waals surface area contributed by atoms with Gasteiger partial charge >= 0.3 is 0 Å². The molecule has 26 heavy (non-hydrogen) atoms. The van der Waals surface area contributed by atoms with E-state index in [0.717, 1.165) is 37.6 Å². The Balaban J connectivity index is 1.94. The topological polar surface area (TPSA) is 85.8 Å². The highest BCUT2D eigenvalue weighted by molar-refractivity contribution is 5.93. The third kappa shape index (κ3) is 5.47. The number of guanidine groups is 1. The van der Waals surface area contributed by atoms with Crippen molar-refractivity contribution in [2.24, 2.45) is 4.99 Å². The van der Waals surface area contributed by atoms with Gasteiger partial charge in [0.1, 0.15) is 0 Å². The Kier molecular flexibility index (Phi) is 7.44. The van der Waals surface area contributed by atoms with Crippen LogP contribution in [0.15, 0.2) is 29.3 Å². The molecule has 1 aromatic carbocycles. The molecule has 0 bridgehead atoms. The zero-order chi connectivity index (χ0) is 18.9. The largest absolute Gasteiger partial charge is 0.357 e. The van der Waals surface area contributed by atoms with Crippen molar-refractivity contribution in [1.29, 1.82) is 0 Å². The summed E-state index contributed by atoms with van der Waals surface area (Å²) >= 11 is 0. The first kappa shape index (κ1) is 19.8. The third-order valence-corrected chi connectivity index (χ3v) is 4.39. The van der Waals surface area contributed by atoms with Crippen molar-refractivity contribution >= 4 is 17.8 Å². The predicted octanol–water partition coefficient (Wildman–Crippen LogP) is 1.11. The van der Waals surface area contributed by atoms with E-state index < -0.39 is 0 Å². The maximum absolute atomic E-state index is 11.8. The first-order chi connectivity index (χ1) is 12.6. The second-order valence-electron chi connectivity index (χ2n) is 6.29. The number of nitrogens with one attached hydrogen (secondary N) is 3. The molecule has 1 unspecified atom stereocenters. The lowest BCUT2D eigenvalue weighted by Gasteiger charge is -2.18. The van der Waals surface area contributed by atoms with Gasteiger partial charge in [0.05, 0.1) is 6.54 Å². The molecule has 2 rings (SSSR count). The Morgan fingerprint density at radius 3 is 2.58 bits per heavy atom. The minimum atomic E-state index is -0.0949. The number of hydrogen-bond donors (Lipinski definition) is 3. The summed E-state index contributed by atoms with van der Waals surface area (Å²) < 4.78 is 0. The monoisotopic (exact) mass is 359 g/mol. The number of benzene rings is 1. The first-order valence-electron chi connectivity index (χ1n) is 9.21. The van der Waals surface area contributed by atoms with Gasteiger partial charge in [-0.1, -0.05) is 19.1 Å². The number of nitrogens with zero attached hydrogens (tertiary/aromatic N) is 2. The fourth-order valence-electron chi connectivity index (χ4n) is 2.92. The van der Waals surface area contributed by atoms with Crippen LogP contribution in [0.5, 0.6) is 0 Å². The van der Waals surface area contributed by atoms with Crippen molar-refractivity contribution in [3.63, 3.8) is 0 Å². The molecule has 1 heterocycles. The smallest absolute Gasteiger partial charge is 0.251 e. The van der Waals surface area contributed by atoms with Crippen LogP contribution in [0.25, 0.3) is 0 Å². The maximum atomic E-state index is 11.8. The zero-order valence-corrected chi connectivity index (χ0v) is 15.8. The molecule has 0 radical (unpaired) electrons. The maximum Gasteiger partial charge on any atom is 0.251 e. The lowest BCUT2D eigenvalue weighted by molar-refractivity contribution is -0.129. The summed E-state index contributed by atoms with van der Waals surface area (Å²) in [7, 11) is 1.62. The van der Waals surface area contributed by atoms with Crippen molar-refractivity contribution in [2.45, 2.75) is 39.3 Å². The highest BCUT2D eigenvalue weighted by atomic mass is 16.2. The normalized spacial score (nSPS) is 17.1. The molecule has 142 valence electrons. The second-order valence-corrected chi connectivity index (χ2v) is 6.29. The van der Waals surface area contributed by atoms with E-state index >= 15 is 0 Å². The molecule has 0 aromatic heterocycles. The molecule has 7 nitrogen and oxygen atoms in total. The Morgan fingerprint density at radius 2 is 1.96 bits per heavy atom. The van der Waals surface area contributed by atoms with Crippen molar-refractivity contribution in [2.75, 3.05) is 26.7 Å². The van der Waals surface area contributed by atoms with Gasteiger partial charge in [0.2, 0.25) is 5.91 Å². The van der Waals surface area contributed by atoms with E-state index in [4.69, 9.17) is 0 Å². The molecule has 3 N–H and O–H groups in total. The number of rotatable bonds is 6. The van der Waals surface area contributed by atoms with Gasteiger partial charge in [-0.05, 0) is 31.0 Å². The van der Waals surface area contributed by atoms with E-state index in [0.29, 0.717) is 18.5 Å². The molecule has 0 aliphatic carbocycles. The van der Waals surface area contributed by atoms with Gasteiger partial charge in [-0.3, -0.25) is 9.59 Å². The van der Waals surface area contributed by atoms with Crippen molar-refractivity contribution in [1.82, 2.24) is 20.9 Å². The van der Waals surface area contributed by atoms with Crippen LogP contribution >= 0.6 is 0 Å². The van der Waals surface area contributed by atoms with Crippen LogP contribution in [0.4, 0.5) is 0 Å². The van der Waals surface area contributed by atoms with E-state index in [9.17, 15) is 9.59 Å². The number of likely N-dealkylation sites (tertiary alicyclic amines) is 1. The standard InChI is InChI=1S/C19H29N5O2/c1-4-17(25)24-11-10-16(13-24)23-19(21-5-2)22-12-14-6-8-15(9-7-14)18(26)20-3/h6-9,16H,4-5,10-13H2,1-3H3,(H,20,26)(H2,21,22,23). The van der Waals surface area contributed by atoms with Gasteiger partial charge in [-0.15, -0.1) is 0 Å². The Morgan fingerprint density at radius 1 is 1.23 bits per heavy atom. The van der Waals surface area contributed by atoms with Crippen molar-refractivity contribution in [3.8, 4) is 0 Å². The van der Waals surface area contributed by atoms with Crippen LogP contribution in [-0.2, 0) is 11.3 Å². The first-order valence-corrected chi connectivity index (χ1v) is 9.21. The fraction of sp³-hybridized carbons (Fsp3) is 0.526. The molecule has 2 amide bonds. The quantitative estimate of drug-likeness (QED) is 0.525. The number of hydrogen-bond acceptors (Lipinski definition) is 3. The number of carbonyl (C=O) groups excluding carboxylic acids is 2. The third-order valence-electron chi connectivity index (χ3n) is 4.39. The lowest BCUT2D eigenvalue weighted by atomic mass is 10.1. The van der Waals surface area contributed by atoms with Crippen molar-refractivity contribution < 1.29 is 9.59 Å². The van der Waals surface area contributed by atoms with Crippen molar-refractivity contribution in [3.05, 3.63) is 35.4 Å². The molecule has 1 aliphatic heterocycles. The van der Waals surface area contributed by atoms with Gasteiger partial charge in [0.25, 0.3) is 5.91 Å². The number of amides is 2. The second kappa shape index (κ2) is 9.79. The van der Waals surface area contributed by atoms with E-state index in [1.807, 2.05) is 30.9 Å². The Hall–Kier alpha value is -2.57. The van der Waals surface area contributed by atoms with Crippen LogP contribution in [0.2, 0.25) is 0 Å². The summed E-state index contributed by atoms with van der Waals surface area (Å²) in [6.45, 7) is 6.73. The lowest BCUT2D eigenvalue weighted by Crippen LogP contribution is -2.45. The highest BCUT2D eigenvalue weighted by Crippen LogP contribution is 2.11. The summed E-state index contributed by atoms with van der Waals surface area (Å²) in [5.74, 6) is 0.855. The average Bonchev–Trinajstić information content (AvgIpc) is 3.14. The van der Waals surface area contributed by atoms with E-state index in [1.54, 1.807) is 19.2 Å². The van der Waals surface area contributed by atoms with Crippen LogP contribution < -0.4 is 16.0 Å². The highest BCUT2D eigenvalue weighted by Gasteiger charge is 2.25. The van der Waals surface area contributed by atoms with Gasteiger partial charge in [-0.2, -0.15) is 0 Å². The number of aliphatic imine (C=N–C) groups is 1. The van der Waals surface area contributed by atoms with Crippen LogP contribution in [0, 0.1) is 0 Å². The molecule has 1 aromatic rings. The summed E-state index contributed by atoms with van der Waals surface area (Å²) in [5, 5.41) is 9.27. The molecular formula is C19H29N5O2. The molecule has 1 aliphatic rings. The predicted molar refractivity (Wildman–Crippen MR) is 103 cm³/mol. The van der Waals surface area contributed by atoms with Gasteiger partial charge in [0, 0.05) is 44.7 Å². The van der Waals surface area contributed by atoms with E-state index in [-0.39, 0.29) is 17.9 Å². The summed E-state index contributed by atoms with van der Waals surface area (Å²) in [6.07, 6.45) is 1.48. The van der Waals surface area contributed by atoms with Gasteiger partial charge in [0.15, 0.2) is 5.96 Å². The zero-order valence-electron chi connectivity index (χ0n) is 15.8. The average molecular weight is 359 g/mol. The molecule has 7 heteroatoms. The summed E-state index contributed by atoms with van der Waals surface area (Å²) in [6, 6.07) is 7.65. The molecule has 0 saturated carbocycles. The van der Waals surface area contributed by atoms with Crippen LogP contribution in [-0.4, -0.2) is 55.4 Å². The molecule has 0 spiro atoms. The SMILES string of the molecule is CCNC(=NCc1ccc(C(=O)NC)cc1)NC1CCN(C(=O)CC)C1. The van der Waals surface area contributed by atoms with Crippen LogP contribution in [0.3, 0.4) is 0 Å². The number of carbonyl (C=O) groups is 2. The minimum absolute atomic E-state index is 0.0949. The van der Waals surface area contributed by atoms with E-state index in [2.05, 4.69) is 20.9 Å². The fourth-order valence-corrected chi connectivity index (χ4v) is 2.92. The Bertz CT molecular complexity index is 642. The molecule has 1 atom stereocenters.